The van der Waals surface area contributed by atoms with E-state index in [1.165, 1.54) is 0 Å². The summed E-state index contributed by atoms with van der Waals surface area (Å²) in [7, 11) is 1.80. The first kappa shape index (κ1) is 15.0. The van der Waals surface area contributed by atoms with Crippen LogP contribution < -0.4 is 0 Å². The van der Waals surface area contributed by atoms with Gasteiger partial charge in [0.15, 0.2) is 0 Å². The van der Waals surface area contributed by atoms with Crippen LogP contribution in [0, 0.1) is 5.92 Å². The molecule has 0 bridgehead atoms. The molecule has 2 atom stereocenters. The number of β-amino-alcohol motifs (C(OH)–C–C–N with tert-alkyl or cyclic N) is 1. The molecule has 112 valence electrons. The van der Waals surface area contributed by atoms with Crippen molar-refractivity contribution in [1.29, 1.82) is 0 Å². The maximum absolute atomic E-state index is 12.6. The summed E-state index contributed by atoms with van der Waals surface area (Å²) in [6.45, 7) is 9.37. The van der Waals surface area contributed by atoms with Crippen LogP contribution in [0.1, 0.15) is 50.3 Å². The highest BCUT2D eigenvalue weighted by molar-refractivity contribution is 5.92. The van der Waals surface area contributed by atoms with Gasteiger partial charge in [0.25, 0.3) is 5.91 Å². The number of hydrogen-bond donors (Lipinski definition) is 1. The standard InChI is InChI=1S/C15H25N3O2/c1-10-6-7-18(9-12(10)19)14(20)11-8-13(15(2,3)4)16-17(11)5/h8,10,12,19H,6-7,9H2,1-5H3. The molecule has 20 heavy (non-hydrogen) atoms. The number of nitrogens with zero attached hydrogens (tertiary/aromatic N) is 3. The van der Waals surface area contributed by atoms with Gasteiger partial charge in [0.2, 0.25) is 0 Å². The molecule has 1 N–H and O–H groups in total. The van der Waals surface area contributed by atoms with E-state index in [1.807, 2.05) is 13.0 Å². The van der Waals surface area contributed by atoms with Gasteiger partial charge >= 0.3 is 0 Å². The van der Waals surface area contributed by atoms with Crippen molar-refractivity contribution in [3.63, 3.8) is 0 Å². The van der Waals surface area contributed by atoms with E-state index >= 15 is 0 Å². The molecule has 1 aliphatic heterocycles. The van der Waals surface area contributed by atoms with Crippen molar-refractivity contribution in [2.45, 2.75) is 45.6 Å². The van der Waals surface area contributed by atoms with Crippen LogP contribution in [0.4, 0.5) is 0 Å². The zero-order valence-electron chi connectivity index (χ0n) is 13.1. The Balaban J connectivity index is 2.20. The number of aliphatic hydroxyl groups is 1. The molecule has 1 aliphatic rings. The molecule has 5 nitrogen and oxygen atoms in total. The summed E-state index contributed by atoms with van der Waals surface area (Å²) in [6, 6.07) is 1.87. The van der Waals surface area contributed by atoms with E-state index in [-0.39, 0.29) is 17.2 Å². The first-order valence-corrected chi connectivity index (χ1v) is 7.22. The highest BCUT2D eigenvalue weighted by Gasteiger charge is 2.30. The Labute approximate surface area is 120 Å². The van der Waals surface area contributed by atoms with Crippen LogP contribution >= 0.6 is 0 Å². The van der Waals surface area contributed by atoms with Crippen molar-refractivity contribution in [2.24, 2.45) is 13.0 Å². The summed E-state index contributed by atoms with van der Waals surface area (Å²) in [5.74, 6) is 0.220. The molecule has 0 aliphatic carbocycles. The normalized spacial score (nSPS) is 24.0. The Bertz CT molecular complexity index is 502. The van der Waals surface area contributed by atoms with Gasteiger partial charge in [-0.3, -0.25) is 9.48 Å². The maximum atomic E-state index is 12.6. The van der Waals surface area contributed by atoms with Crippen LogP contribution in [0.5, 0.6) is 0 Å². The van der Waals surface area contributed by atoms with Crippen molar-refractivity contribution in [3.05, 3.63) is 17.5 Å². The molecule has 2 rings (SSSR count). The molecule has 0 saturated carbocycles. The van der Waals surface area contributed by atoms with Crippen LogP contribution in [0.3, 0.4) is 0 Å². The lowest BCUT2D eigenvalue weighted by Crippen LogP contribution is -2.46. The number of likely N-dealkylation sites (tertiary alicyclic amines) is 1. The molecule has 1 saturated heterocycles. The van der Waals surface area contributed by atoms with E-state index in [1.54, 1.807) is 16.6 Å². The molecule has 2 heterocycles. The van der Waals surface area contributed by atoms with Crippen LogP contribution in [-0.2, 0) is 12.5 Å². The molecular weight excluding hydrogens is 254 g/mol. The number of rotatable bonds is 1. The van der Waals surface area contributed by atoms with Crippen molar-refractivity contribution in [1.82, 2.24) is 14.7 Å². The summed E-state index contributed by atoms with van der Waals surface area (Å²) < 4.78 is 1.65. The zero-order valence-corrected chi connectivity index (χ0v) is 13.1. The summed E-state index contributed by atoms with van der Waals surface area (Å²) in [5.41, 5.74) is 1.43. The fourth-order valence-corrected chi connectivity index (χ4v) is 2.43. The lowest BCUT2D eigenvalue weighted by Gasteiger charge is -2.34. The second-order valence-electron chi connectivity index (χ2n) is 6.87. The zero-order chi connectivity index (χ0) is 15.1. The van der Waals surface area contributed by atoms with Gasteiger partial charge in [-0.05, 0) is 18.4 Å². The fraction of sp³-hybridized carbons (Fsp3) is 0.733. The minimum atomic E-state index is -0.428. The van der Waals surface area contributed by atoms with Gasteiger partial charge in [-0.1, -0.05) is 27.7 Å². The van der Waals surface area contributed by atoms with E-state index in [2.05, 4.69) is 25.9 Å². The first-order chi connectivity index (χ1) is 9.20. The predicted molar refractivity (Wildman–Crippen MR) is 77.6 cm³/mol. The number of carbonyl (C=O) groups is 1. The van der Waals surface area contributed by atoms with Crippen molar-refractivity contribution in [2.75, 3.05) is 13.1 Å². The number of amides is 1. The SMILES string of the molecule is CC1CCN(C(=O)c2cc(C(C)(C)C)nn2C)CC1O. The van der Waals surface area contributed by atoms with Crippen LogP contribution in [0.25, 0.3) is 0 Å². The molecule has 1 amide bonds. The van der Waals surface area contributed by atoms with Crippen molar-refractivity contribution < 1.29 is 9.90 Å². The second-order valence-corrected chi connectivity index (χ2v) is 6.87. The summed E-state index contributed by atoms with van der Waals surface area (Å²) in [5, 5.41) is 14.4. The molecule has 0 spiro atoms. The van der Waals surface area contributed by atoms with Gasteiger partial charge in [0, 0.05) is 25.6 Å². The summed E-state index contributed by atoms with van der Waals surface area (Å²) in [4.78, 5) is 14.3. The van der Waals surface area contributed by atoms with Gasteiger partial charge in [-0.25, -0.2) is 0 Å². The van der Waals surface area contributed by atoms with E-state index in [4.69, 9.17) is 0 Å². The quantitative estimate of drug-likeness (QED) is 0.848. The smallest absolute Gasteiger partial charge is 0.272 e. The average Bonchev–Trinajstić information content (AvgIpc) is 2.74. The molecule has 1 fully saturated rings. The molecule has 0 radical (unpaired) electrons. The Kier molecular flexibility index (Phi) is 3.91. The number of piperidine rings is 1. The van der Waals surface area contributed by atoms with E-state index in [9.17, 15) is 9.90 Å². The minimum absolute atomic E-state index is 0.0403. The van der Waals surface area contributed by atoms with Crippen molar-refractivity contribution in [3.8, 4) is 0 Å². The molecule has 1 aromatic heterocycles. The lowest BCUT2D eigenvalue weighted by molar-refractivity contribution is 0.0242. The van der Waals surface area contributed by atoms with Gasteiger partial charge in [-0.2, -0.15) is 5.10 Å². The second kappa shape index (κ2) is 5.20. The summed E-state index contributed by atoms with van der Waals surface area (Å²) >= 11 is 0. The number of hydrogen-bond acceptors (Lipinski definition) is 3. The molecule has 5 heteroatoms. The largest absolute Gasteiger partial charge is 0.391 e. The minimum Gasteiger partial charge on any atom is -0.391 e. The van der Waals surface area contributed by atoms with E-state index < -0.39 is 6.10 Å². The topological polar surface area (TPSA) is 58.4 Å². The third kappa shape index (κ3) is 2.87. The Hall–Kier alpha value is -1.36. The van der Waals surface area contributed by atoms with Gasteiger partial charge in [0.05, 0.1) is 11.8 Å². The Morgan fingerprint density at radius 2 is 2.10 bits per heavy atom. The highest BCUT2D eigenvalue weighted by atomic mass is 16.3. The number of aryl methyl sites for hydroxylation is 1. The molecular formula is C15H25N3O2. The van der Waals surface area contributed by atoms with Crippen molar-refractivity contribution >= 4 is 5.91 Å². The van der Waals surface area contributed by atoms with Crippen LogP contribution in [-0.4, -0.2) is 44.9 Å². The lowest BCUT2D eigenvalue weighted by atomic mass is 9.92. The summed E-state index contributed by atoms with van der Waals surface area (Å²) in [6.07, 6.45) is 0.416. The Morgan fingerprint density at radius 1 is 1.45 bits per heavy atom. The van der Waals surface area contributed by atoms with Crippen LogP contribution in [0.15, 0.2) is 6.07 Å². The first-order valence-electron chi connectivity index (χ1n) is 7.22. The molecule has 0 aromatic carbocycles. The number of aromatic nitrogens is 2. The van der Waals surface area contributed by atoms with E-state index in [0.29, 0.717) is 18.8 Å². The predicted octanol–water partition coefficient (Wildman–Crippen LogP) is 1.56. The number of carbonyl (C=O) groups excluding carboxylic acids is 1. The molecule has 2 unspecified atom stereocenters. The van der Waals surface area contributed by atoms with Gasteiger partial charge in [-0.15, -0.1) is 0 Å². The molecule has 1 aromatic rings. The third-order valence-corrected chi connectivity index (χ3v) is 4.07. The van der Waals surface area contributed by atoms with Gasteiger partial charge < -0.3 is 10.0 Å². The van der Waals surface area contributed by atoms with Gasteiger partial charge in [0.1, 0.15) is 5.69 Å². The average molecular weight is 279 g/mol. The maximum Gasteiger partial charge on any atom is 0.272 e. The monoisotopic (exact) mass is 279 g/mol. The fourth-order valence-electron chi connectivity index (χ4n) is 2.43. The van der Waals surface area contributed by atoms with E-state index in [0.717, 1.165) is 12.1 Å². The highest BCUT2D eigenvalue weighted by Crippen LogP contribution is 2.23. The Morgan fingerprint density at radius 3 is 2.60 bits per heavy atom. The van der Waals surface area contributed by atoms with Crippen LogP contribution in [0.2, 0.25) is 0 Å². The third-order valence-electron chi connectivity index (χ3n) is 4.07. The number of aliphatic hydroxyl groups excluding tert-OH is 1.